The first kappa shape index (κ1) is 15.0. The molecule has 0 saturated carbocycles. The molecule has 1 aromatic heterocycles. The molecule has 3 aliphatic rings. The van der Waals surface area contributed by atoms with E-state index >= 15 is 0 Å². The Morgan fingerprint density at radius 1 is 1.26 bits per heavy atom. The lowest BCUT2D eigenvalue weighted by atomic mass is 9.90. The van der Waals surface area contributed by atoms with E-state index in [2.05, 4.69) is 9.97 Å². The number of hydrogen-bond donors (Lipinski definition) is 0. The van der Waals surface area contributed by atoms with Gasteiger partial charge in [0.1, 0.15) is 12.4 Å². The van der Waals surface area contributed by atoms with Gasteiger partial charge in [0.25, 0.3) is 0 Å². The summed E-state index contributed by atoms with van der Waals surface area (Å²) >= 11 is 0. The van der Waals surface area contributed by atoms with E-state index in [0.29, 0.717) is 25.0 Å². The highest BCUT2D eigenvalue weighted by atomic mass is 16.5. The van der Waals surface area contributed by atoms with Crippen molar-refractivity contribution in [3.05, 3.63) is 24.3 Å². The number of hydrogen-bond acceptors (Lipinski definition) is 5. The van der Waals surface area contributed by atoms with Gasteiger partial charge in [-0.05, 0) is 37.7 Å². The first-order valence-corrected chi connectivity index (χ1v) is 8.59. The maximum absolute atomic E-state index is 12.7. The van der Waals surface area contributed by atoms with Crippen molar-refractivity contribution in [2.75, 3.05) is 26.3 Å². The van der Waals surface area contributed by atoms with Gasteiger partial charge >= 0.3 is 0 Å². The van der Waals surface area contributed by atoms with Crippen LogP contribution >= 0.6 is 0 Å². The lowest BCUT2D eigenvalue weighted by Gasteiger charge is -2.36. The Bertz CT molecular complexity index is 547. The van der Waals surface area contributed by atoms with Crippen LogP contribution < -0.4 is 0 Å². The number of carbonyl (C=O) groups excluding carboxylic acids is 1. The summed E-state index contributed by atoms with van der Waals surface area (Å²) in [4.78, 5) is 23.0. The van der Waals surface area contributed by atoms with Crippen molar-refractivity contribution < 1.29 is 14.3 Å². The zero-order valence-corrected chi connectivity index (χ0v) is 13.3. The van der Waals surface area contributed by atoms with E-state index in [1.807, 2.05) is 11.0 Å². The van der Waals surface area contributed by atoms with Gasteiger partial charge in [-0.25, -0.2) is 9.97 Å². The monoisotopic (exact) mass is 317 g/mol. The van der Waals surface area contributed by atoms with Gasteiger partial charge in [0.05, 0.1) is 11.8 Å². The standard InChI is InChI=1S/C17H23N3O3/c21-17(12-3-7-22-8-4-12)20-6-2-13-9-15(23-16(13)10-20)14-1-5-18-11-19-14/h1,5,11-13,15-16H,2-4,6-10H2/t13-,15+,16+/m1/s1. The number of piperidine rings is 1. The minimum Gasteiger partial charge on any atom is -0.381 e. The Hall–Kier alpha value is -1.53. The minimum atomic E-state index is 0.0473. The van der Waals surface area contributed by atoms with Crippen LogP contribution in [0.3, 0.4) is 0 Å². The second-order valence-corrected chi connectivity index (χ2v) is 6.75. The Balaban J connectivity index is 1.38. The largest absolute Gasteiger partial charge is 0.381 e. The topological polar surface area (TPSA) is 64.5 Å². The first-order chi connectivity index (χ1) is 11.3. The second kappa shape index (κ2) is 6.53. The number of ether oxygens (including phenoxy) is 2. The molecule has 0 N–H and O–H groups in total. The molecule has 3 saturated heterocycles. The lowest BCUT2D eigenvalue weighted by Crippen LogP contribution is -2.48. The van der Waals surface area contributed by atoms with E-state index < -0.39 is 0 Å². The van der Waals surface area contributed by atoms with Gasteiger partial charge in [0.15, 0.2) is 0 Å². The van der Waals surface area contributed by atoms with E-state index in [-0.39, 0.29) is 18.1 Å². The average molecular weight is 317 g/mol. The van der Waals surface area contributed by atoms with E-state index in [4.69, 9.17) is 9.47 Å². The molecule has 3 atom stereocenters. The molecule has 4 rings (SSSR count). The summed E-state index contributed by atoms with van der Waals surface area (Å²) in [6.45, 7) is 3.00. The van der Waals surface area contributed by atoms with Crippen molar-refractivity contribution in [2.45, 2.75) is 37.9 Å². The number of aromatic nitrogens is 2. The summed E-state index contributed by atoms with van der Waals surface area (Å²) < 4.78 is 11.6. The fraction of sp³-hybridized carbons (Fsp3) is 0.706. The molecule has 0 aliphatic carbocycles. The van der Waals surface area contributed by atoms with Crippen LogP contribution in [0.1, 0.15) is 37.5 Å². The van der Waals surface area contributed by atoms with E-state index in [0.717, 1.165) is 44.5 Å². The number of amides is 1. The zero-order chi connectivity index (χ0) is 15.6. The summed E-state index contributed by atoms with van der Waals surface area (Å²) in [5, 5.41) is 0. The molecule has 4 heterocycles. The molecule has 124 valence electrons. The Kier molecular flexibility index (Phi) is 4.27. The maximum atomic E-state index is 12.7. The molecular weight excluding hydrogens is 294 g/mol. The van der Waals surface area contributed by atoms with Gasteiger partial charge in [0.2, 0.25) is 5.91 Å². The van der Waals surface area contributed by atoms with Crippen LogP contribution in [-0.4, -0.2) is 53.2 Å². The van der Waals surface area contributed by atoms with Gasteiger partial charge in [-0.3, -0.25) is 4.79 Å². The molecule has 3 fully saturated rings. The summed E-state index contributed by atoms with van der Waals surface area (Å²) in [5.74, 6) is 0.967. The van der Waals surface area contributed by atoms with Crippen LogP contribution in [0.4, 0.5) is 0 Å². The third kappa shape index (κ3) is 3.10. The highest BCUT2D eigenvalue weighted by Gasteiger charge is 2.42. The third-order valence-corrected chi connectivity index (χ3v) is 5.37. The Morgan fingerprint density at radius 2 is 2.13 bits per heavy atom. The smallest absolute Gasteiger partial charge is 0.225 e. The fourth-order valence-electron chi connectivity index (χ4n) is 4.02. The molecular formula is C17H23N3O3. The van der Waals surface area contributed by atoms with Crippen molar-refractivity contribution >= 4 is 5.91 Å². The zero-order valence-electron chi connectivity index (χ0n) is 13.3. The molecule has 0 unspecified atom stereocenters. The molecule has 6 heteroatoms. The normalized spacial score (nSPS) is 31.8. The Labute approximate surface area is 136 Å². The molecule has 3 aliphatic heterocycles. The van der Waals surface area contributed by atoms with Gasteiger partial charge in [0, 0.05) is 38.4 Å². The quantitative estimate of drug-likeness (QED) is 0.828. The van der Waals surface area contributed by atoms with Crippen LogP contribution in [0.5, 0.6) is 0 Å². The highest BCUT2D eigenvalue weighted by molar-refractivity contribution is 5.79. The summed E-state index contributed by atoms with van der Waals surface area (Å²) in [5.41, 5.74) is 0.955. The Morgan fingerprint density at radius 3 is 2.91 bits per heavy atom. The van der Waals surface area contributed by atoms with Crippen LogP contribution in [-0.2, 0) is 14.3 Å². The van der Waals surface area contributed by atoms with Crippen molar-refractivity contribution in [1.82, 2.24) is 14.9 Å². The van der Waals surface area contributed by atoms with Crippen LogP contribution in [0.25, 0.3) is 0 Å². The summed E-state index contributed by atoms with van der Waals surface area (Å²) in [6.07, 6.45) is 7.26. The number of rotatable bonds is 2. The van der Waals surface area contributed by atoms with Crippen LogP contribution in [0.15, 0.2) is 18.6 Å². The van der Waals surface area contributed by atoms with E-state index in [9.17, 15) is 4.79 Å². The van der Waals surface area contributed by atoms with Crippen LogP contribution in [0, 0.1) is 11.8 Å². The molecule has 0 radical (unpaired) electrons. The molecule has 23 heavy (non-hydrogen) atoms. The number of nitrogens with zero attached hydrogens (tertiary/aromatic N) is 3. The number of fused-ring (bicyclic) bond motifs is 1. The molecule has 0 aromatic carbocycles. The van der Waals surface area contributed by atoms with Gasteiger partial charge in [-0.15, -0.1) is 0 Å². The SMILES string of the molecule is O=C(C1CCOCC1)N1CC[C@@H]2C[C@@H](c3ccncn3)O[C@H]2C1. The first-order valence-electron chi connectivity index (χ1n) is 8.59. The highest BCUT2D eigenvalue weighted by Crippen LogP contribution is 2.40. The van der Waals surface area contributed by atoms with E-state index in [1.54, 1.807) is 12.5 Å². The molecule has 0 bridgehead atoms. The molecule has 1 amide bonds. The minimum absolute atomic E-state index is 0.0473. The lowest BCUT2D eigenvalue weighted by molar-refractivity contribution is -0.143. The predicted molar refractivity (Wildman–Crippen MR) is 82.5 cm³/mol. The van der Waals surface area contributed by atoms with Crippen molar-refractivity contribution in [3.63, 3.8) is 0 Å². The predicted octanol–water partition coefficient (Wildman–Crippen LogP) is 1.58. The van der Waals surface area contributed by atoms with Gasteiger partial charge < -0.3 is 14.4 Å². The second-order valence-electron chi connectivity index (χ2n) is 6.75. The molecule has 1 aromatic rings. The third-order valence-electron chi connectivity index (χ3n) is 5.37. The maximum Gasteiger partial charge on any atom is 0.225 e. The van der Waals surface area contributed by atoms with E-state index in [1.165, 1.54) is 0 Å². The van der Waals surface area contributed by atoms with Gasteiger partial charge in [-0.1, -0.05) is 0 Å². The summed E-state index contributed by atoms with van der Waals surface area (Å²) in [6, 6.07) is 1.92. The van der Waals surface area contributed by atoms with Gasteiger partial charge in [-0.2, -0.15) is 0 Å². The fourth-order valence-corrected chi connectivity index (χ4v) is 4.02. The van der Waals surface area contributed by atoms with Crippen molar-refractivity contribution in [3.8, 4) is 0 Å². The average Bonchev–Trinajstić information content (AvgIpc) is 3.06. The molecule has 6 nitrogen and oxygen atoms in total. The van der Waals surface area contributed by atoms with Crippen LogP contribution in [0.2, 0.25) is 0 Å². The van der Waals surface area contributed by atoms with Crippen molar-refractivity contribution in [2.24, 2.45) is 11.8 Å². The summed E-state index contributed by atoms with van der Waals surface area (Å²) in [7, 11) is 0. The van der Waals surface area contributed by atoms with Crippen molar-refractivity contribution in [1.29, 1.82) is 0 Å². The number of carbonyl (C=O) groups is 1. The molecule has 0 spiro atoms. The number of likely N-dealkylation sites (tertiary alicyclic amines) is 1.